The molecule has 2 heterocycles. The predicted octanol–water partition coefficient (Wildman–Crippen LogP) is 6.03. The van der Waals surface area contributed by atoms with E-state index in [2.05, 4.69) is 15.1 Å². The highest BCUT2D eigenvalue weighted by atomic mass is 32.2. The molecule has 0 aliphatic rings. The van der Waals surface area contributed by atoms with E-state index < -0.39 is 70.6 Å². The van der Waals surface area contributed by atoms with Gasteiger partial charge in [0.25, 0.3) is 5.91 Å². The normalized spacial score (nSPS) is 13.2. The number of hydrogen-bond acceptors (Lipinski definition) is 6. The van der Waals surface area contributed by atoms with Crippen molar-refractivity contribution < 1.29 is 44.3 Å². The molecule has 1 unspecified atom stereocenters. The average molecular weight is 582 g/mol. The van der Waals surface area contributed by atoms with Crippen LogP contribution in [0.3, 0.4) is 0 Å². The Morgan fingerprint density at radius 2 is 1.64 bits per heavy atom. The highest BCUT2D eigenvalue weighted by Crippen LogP contribution is 2.37. The van der Waals surface area contributed by atoms with Gasteiger partial charge in [-0.3, -0.25) is 4.79 Å². The van der Waals surface area contributed by atoms with Gasteiger partial charge in [-0.15, -0.1) is 0 Å². The molecule has 0 saturated heterocycles. The van der Waals surface area contributed by atoms with Crippen LogP contribution >= 0.6 is 11.8 Å². The largest absolute Gasteiger partial charge is 0.441 e. The molecule has 39 heavy (non-hydrogen) atoms. The van der Waals surface area contributed by atoms with Gasteiger partial charge in [0, 0.05) is 24.1 Å². The van der Waals surface area contributed by atoms with Gasteiger partial charge in [-0.1, -0.05) is 0 Å². The van der Waals surface area contributed by atoms with Crippen molar-refractivity contribution in [1.29, 1.82) is 5.26 Å². The summed E-state index contributed by atoms with van der Waals surface area (Å²) >= 11 is -0.531. The van der Waals surface area contributed by atoms with Crippen molar-refractivity contribution in [2.45, 2.75) is 30.8 Å². The van der Waals surface area contributed by atoms with E-state index in [1.54, 1.807) is 0 Å². The number of benzene rings is 1. The first-order valence-electron chi connectivity index (χ1n) is 10.6. The molecule has 17 heteroatoms. The quantitative estimate of drug-likeness (QED) is 0.317. The Kier molecular flexibility index (Phi) is 8.48. The summed E-state index contributed by atoms with van der Waals surface area (Å²) in [6, 6.07) is 3.47. The minimum atomic E-state index is -5.25. The van der Waals surface area contributed by atoms with E-state index in [1.807, 2.05) is 6.07 Å². The molecule has 3 aromatic rings. The third kappa shape index (κ3) is 7.40. The Morgan fingerprint density at radius 3 is 2.13 bits per heavy atom. The van der Waals surface area contributed by atoms with E-state index in [4.69, 9.17) is 5.26 Å². The number of alkyl halides is 9. The number of pyridine rings is 1. The Hall–Kier alpha value is -3.81. The van der Waals surface area contributed by atoms with Crippen molar-refractivity contribution in [2.24, 2.45) is 0 Å². The number of thioether (sulfide) groups is 1. The van der Waals surface area contributed by atoms with Gasteiger partial charge in [-0.05, 0) is 49.0 Å². The van der Waals surface area contributed by atoms with E-state index in [9.17, 15) is 44.3 Å². The fraction of sp³-hybridized carbons (Fsp3) is 0.318. The second-order valence-electron chi connectivity index (χ2n) is 7.81. The summed E-state index contributed by atoms with van der Waals surface area (Å²) in [4.78, 5) is 22.0. The number of nitrogens with zero attached hydrogens (tertiary/aromatic N) is 6. The van der Waals surface area contributed by atoms with E-state index in [1.165, 1.54) is 25.3 Å². The van der Waals surface area contributed by atoms with Crippen molar-refractivity contribution in [3.05, 3.63) is 70.9 Å². The number of aromatic nitrogens is 4. The molecule has 1 aromatic carbocycles. The van der Waals surface area contributed by atoms with Crippen LogP contribution < -0.4 is 0 Å². The Labute approximate surface area is 218 Å². The van der Waals surface area contributed by atoms with Crippen LogP contribution in [0, 0.1) is 11.3 Å². The minimum absolute atomic E-state index is 0.0730. The minimum Gasteiger partial charge on any atom is -0.328 e. The summed E-state index contributed by atoms with van der Waals surface area (Å²) in [5.74, 6) is -2.22. The lowest BCUT2D eigenvalue weighted by Crippen LogP contribution is -2.37. The molecule has 0 N–H and O–H groups in total. The highest BCUT2D eigenvalue weighted by molar-refractivity contribution is 8.00. The topological polar surface area (TPSA) is 87.7 Å². The van der Waals surface area contributed by atoms with Crippen LogP contribution in [0.5, 0.6) is 0 Å². The van der Waals surface area contributed by atoms with Crippen molar-refractivity contribution in [2.75, 3.05) is 12.3 Å². The molecule has 3 rings (SSSR count). The summed E-state index contributed by atoms with van der Waals surface area (Å²) in [5.41, 5.74) is -9.10. The van der Waals surface area contributed by atoms with E-state index in [0.29, 0.717) is 4.90 Å². The lowest BCUT2D eigenvalue weighted by atomic mass is 10.0. The van der Waals surface area contributed by atoms with E-state index >= 15 is 0 Å². The standard InChI is InChI=1S/C22H15F9N6OS/c1-12(18-34-11-35-37(18)17-3-2-13(9-32)10-33-17)36(4-5-39-22(29,30)31)19(38)14-6-15(20(23,24)25)8-16(7-14)21(26,27)28/h2-3,6-8,10-12H,4-5H2,1H3. The van der Waals surface area contributed by atoms with Crippen molar-refractivity contribution in [3.8, 4) is 11.9 Å². The summed E-state index contributed by atoms with van der Waals surface area (Å²) in [6.45, 7) is 0.536. The smallest absolute Gasteiger partial charge is 0.328 e. The van der Waals surface area contributed by atoms with Gasteiger partial charge in [-0.2, -0.15) is 54.6 Å². The Morgan fingerprint density at radius 1 is 1.03 bits per heavy atom. The monoisotopic (exact) mass is 582 g/mol. The highest BCUT2D eigenvalue weighted by Gasteiger charge is 2.39. The summed E-state index contributed by atoms with van der Waals surface area (Å²) in [5, 5.41) is 12.9. The Bertz CT molecular complexity index is 1330. The lowest BCUT2D eigenvalue weighted by Gasteiger charge is -2.29. The fourth-order valence-electron chi connectivity index (χ4n) is 3.40. The van der Waals surface area contributed by atoms with Gasteiger partial charge >= 0.3 is 17.9 Å². The van der Waals surface area contributed by atoms with Gasteiger partial charge in [0.2, 0.25) is 0 Å². The molecule has 208 valence electrons. The van der Waals surface area contributed by atoms with Crippen LogP contribution in [0.15, 0.2) is 42.9 Å². The molecule has 0 fully saturated rings. The molecular weight excluding hydrogens is 567 g/mol. The molecule has 0 aliphatic heterocycles. The summed E-state index contributed by atoms with van der Waals surface area (Å²) < 4.78 is 119. The zero-order chi connectivity index (χ0) is 29.2. The van der Waals surface area contributed by atoms with Crippen molar-refractivity contribution >= 4 is 17.7 Å². The molecule has 0 radical (unpaired) electrons. The van der Waals surface area contributed by atoms with Gasteiger partial charge in [0.15, 0.2) is 11.6 Å². The molecule has 1 atom stereocenters. The van der Waals surface area contributed by atoms with Gasteiger partial charge in [0.1, 0.15) is 12.4 Å². The first-order valence-corrected chi connectivity index (χ1v) is 11.6. The van der Waals surface area contributed by atoms with Crippen molar-refractivity contribution in [1.82, 2.24) is 24.6 Å². The molecule has 0 bridgehead atoms. The second kappa shape index (κ2) is 11.1. The molecule has 7 nitrogen and oxygen atoms in total. The van der Waals surface area contributed by atoms with E-state index in [0.717, 1.165) is 11.0 Å². The molecular formula is C22H15F9N6OS. The first-order chi connectivity index (χ1) is 18.0. The van der Waals surface area contributed by atoms with Crippen LogP contribution in [0.4, 0.5) is 39.5 Å². The van der Waals surface area contributed by atoms with Crippen LogP contribution in [-0.2, 0) is 12.4 Å². The number of nitriles is 1. The third-order valence-electron chi connectivity index (χ3n) is 5.20. The van der Waals surface area contributed by atoms with Crippen LogP contribution in [-0.4, -0.2) is 48.4 Å². The van der Waals surface area contributed by atoms with Crippen LogP contribution in [0.25, 0.3) is 5.82 Å². The van der Waals surface area contributed by atoms with Gasteiger partial charge in [0.05, 0.1) is 22.7 Å². The fourth-order valence-corrected chi connectivity index (χ4v) is 3.92. The number of rotatable bonds is 7. The zero-order valence-electron chi connectivity index (χ0n) is 19.4. The summed E-state index contributed by atoms with van der Waals surface area (Å²) in [6.07, 6.45) is -8.32. The maximum atomic E-state index is 13.3. The van der Waals surface area contributed by atoms with Gasteiger partial charge < -0.3 is 4.90 Å². The maximum absolute atomic E-state index is 13.3. The average Bonchev–Trinajstić information content (AvgIpc) is 3.34. The zero-order valence-corrected chi connectivity index (χ0v) is 20.3. The first kappa shape index (κ1) is 29.7. The van der Waals surface area contributed by atoms with Gasteiger partial charge in [-0.25, -0.2) is 9.97 Å². The molecule has 0 spiro atoms. The summed E-state index contributed by atoms with van der Waals surface area (Å²) in [7, 11) is 0. The Balaban J connectivity index is 2.07. The number of halogens is 9. The molecule has 2 aromatic heterocycles. The predicted molar refractivity (Wildman–Crippen MR) is 118 cm³/mol. The van der Waals surface area contributed by atoms with Crippen molar-refractivity contribution in [3.63, 3.8) is 0 Å². The van der Waals surface area contributed by atoms with E-state index in [-0.39, 0.29) is 35.4 Å². The maximum Gasteiger partial charge on any atom is 0.441 e. The molecule has 0 aliphatic carbocycles. The molecule has 0 saturated carbocycles. The number of hydrogen-bond donors (Lipinski definition) is 0. The SMILES string of the molecule is CC(c1ncnn1-c1ccc(C#N)cn1)N(CCSC(F)(F)F)C(=O)c1cc(C(F)(F)F)cc(C(F)(F)F)c1. The van der Waals surface area contributed by atoms with Crippen LogP contribution in [0.1, 0.15) is 45.8 Å². The number of amides is 1. The van der Waals surface area contributed by atoms with Crippen LogP contribution in [0.2, 0.25) is 0 Å². The lowest BCUT2D eigenvalue weighted by molar-refractivity contribution is -0.143. The number of carbonyl (C=O) groups is 1. The molecule has 1 amide bonds. The third-order valence-corrected chi connectivity index (χ3v) is 5.92. The second-order valence-corrected chi connectivity index (χ2v) is 8.97. The number of carbonyl (C=O) groups excluding carboxylic acids is 1.